The molecule has 0 unspecified atom stereocenters. The van der Waals surface area contributed by atoms with E-state index in [1.165, 1.54) is 19.3 Å². The molecule has 1 saturated carbocycles. The Labute approximate surface area is 108 Å². The summed E-state index contributed by atoms with van der Waals surface area (Å²) < 4.78 is 0. The molecule has 2 amide bonds. The molecule has 1 heterocycles. The molecule has 2 aliphatic rings. The van der Waals surface area contributed by atoms with Crippen LogP contribution < -0.4 is 5.32 Å². The number of hydrogen-bond donors (Lipinski definition) is 2. The summed E-state index contributed by atoms with van der Waals surface area (Å²) in [6.45, 7) is 3.26. The minimum Gasteiger partial charge on any atom is -0.481 e. The molecule has 2 fully saturated rings. The number of carbonyl (C=O) groups is 2. The average Bonchev–Trinajstić information content (AvgIpc) is 2.22. The van der Waals surface area contributed by atoms with Gasteiger partial charge in [0.2, 0.25) is 0 Å². The summed E-state index contributed by atoms with van der Waals surface area (Å²) in [5.74, 6) is -0.647. The molecule has 2 N–H and O–H groups in total. The van der Waals surface area contributed by atoms with Crippen molar-refractivity contribution in [3.63, 3.8) is 0 Å². The van der Waals surface area contributed by atoms with Crippen LogP contribution in [0, 0.1) is 5.92 Å². The van der Waals surface area contributed by atoms with Gasteiger partial charge in [-0.1, -0.05) is 19.3 Å². The smallest absolute Gasteiger partial charge is 0.317 e. The largest absolute Gasteiger partial charge is 0.481 e. The third kappa shape index (κ3) is 3.15. The van der Waals surface area contributed by atoms with Crippen molar-refractivity contribution < 1.29 is 14.7 Å². The second kappa shape index (κ2) is 5.16. The first-order chi connectivity index (χ1) is 8.48. The lowest BCUT2D eigenvalue weighted by Gasteiger charge is -2.42. The van der Waals surface area contributed by atoms with Crippen molar-refractivity contribution in [3.05, 3.63) is 0 Å². The molecule has 0 aromatic rings. The number of aliphatic carboxylic acids is 1. The van der Waals surface area contributed by atoms with Gasteiger partial charge in [0.1, 0.15) is 0 Å². The number of rotatable bonds is 3. The fourth-order valence-corrected chi connectivity index (χ4v) is 2.91. The number of carbonyl (C=O) groups excluding carboxylic acids is 1. The van der Waals surface area contributed by atoms with Gasteiger partial charge in [-0.3, -0.25) is 4.79 Å². The molecule has 0 bridgehead atoms. The van der Waals surface area contributed by atoms with E-state index in [-0.39, 0.29) is 23.9 Å². The fourth-order valence-electron chi connectivity index (χ4n) is 2.91. The molecule has 0 radical (unpaired) electrons. The van der Waals surface area contributed by atoms with Crippen molar-refractivity contribution in [2.45, 2.75) is 51.0 Å². The van der Waals surface area contributed by atoms with Gasteiger partial charge in [-0.15, -0.1) is 0 Å². The summed E-state index contributed by atoms with van der Waals surface area (Å²) in [5.41, 5.74) is -0.0623. The Kier molecular flexibility index (Phi) is 3.78. The molecule has 1 aliphatic carbocycles. The normalized spacial score (nSPS) is 23.3. The summed E-state index contributed by atoms with van der Waals surface area (Å²) in [7, 11) is 0. The predicted octanol–water partition coefficient (Wildman–Crippen LogP) is 1.83. The van der Waals surface area contributed by atoms with E-state index in [4.69, 9.17) is 5.11 Å². The summed E-state index contributed by atoms with van der Waals surface area (Å²) in [6.07, 6.45) is 5.88. The second-order valence-corrected chi connectivity index (χ2v) is 5.92. The van der Waals surface area contributed by atoms with Crippen LogP contribution in [0.25, 0.3) is 0 Å². The molecule has 1 saturated heterocycles. The predicted molar refractivity (Wildman–Crippen MR) is 67.3 cm³/mol. The van der Waals surface area contributed by atoms with E-state index in [2.05, 4.69) is 12.2 Å². The van der Waals surface area contributed by atoms with Crippen molar-refractivity contribution in [3.8, 4) is 0 Å². The first kappa shape index (κ1) is 13.2. The minimum atomic E-state index is -0.778. The Morgan fingerprint density at radius 3 is 2.44 bits per heavy atom. The van der Waals surface area contributed by atoms with Crippen LogP contribution in [0.4, 0.5) is 4.79 Å². The van der Waals surface area contributed by atoms with E-state index in [1.807, 2.05) is 0 Å². The summed E-state index contributed by atoms with van der Waals surface area (Å²) in [4.78, 5) is 24.2. The van der Waals surface area contributed by atoms with Gasteiger partial charge in [0.15, 0.2) is 0 Å². The lowest BCUT2D eigenvalue weighted by Crippen LogP contribution is -2.59. The van der Waals surface area contributed by atoms with E-state index in [0.29, 0.717) is 13.1 Å². The molecule has 0 aromatic carbocycles. The molecular weight excluding hydrogens is 232 g/mol. The lowest BCUT2D eigenvalue weighted by molar-refractivity contribution is -0.139. The highest BCUT2D eigenvalue weighted by molar-refractivity contribution is 5.76. The highest BCUT2D eigenvalue weighted by Crippen LogP contribution is 2.28. The molecule has 18 heavy (non-hydrogen) atoms. The molecule has 1 aliphatic heterocycles. The van der Waals surface area contributed by atoms with E-state index >= 15 is 0 Å². The van der Waals surface area contributed by atoms with Crippen LogP contribution in [0.2, 0.25) is 0 Å². The number of likely N-dealkylation sites (tertiary alicyclic amines) is 1. The first-order valence-electron chi connectivity index (χ1n) is 6.77. The van der Waals surface area contributed by atoms with Crippen molar-refractivity contribution >= 4 is 12.0 Å². The van der Waals surface area contributed by atoms with Crippen LogP contribution in [0.15, 0.2) is 0 Å². The van der Waals surface area contributed by atoms with E-state index in [0.717, 1.165) is 12.8 Å². The molecule has 0 atom stereocenters. The van der Waals surface area contributed by atoms with E-state index in [9.17, 15) is 9.59 Å². The molecule has 0 aromatic heterocycles. The summed E-state index contributed by atoms with van der Waals surface area (Å²) in [6, 6.07) is -0.0268. The Morgan fingerprint density at radius 2 is 1.89 bits per heavy atom. The molecule has 5 heteroatoms. The Balaban J connectivity index is 1.74. The van der Waals surface area contributed by atoms with Gasteiger partial charge in [-0.05, 0) is 19.8 Å². The summed E-state index contributed by atoms with van der Waals surface area (Å²) in [5, 5.41) is 11.8. The highest BCUT2D eigenvalue weighted by atomic mass is 16.4. The lowest BCUT2D eigenvalue weighted by atomic mass is 9.83. The topological polar surface area (TPSA) is 69.6 Å². The van der Waals surface area contributed by atoms with Gasteiger partial charge in [0.25, 0.3) is 0 Å². The number of nitrogens with zero attached hydrogens (tertiary/aromatic N) is 1. The maximum Gasteiger partial charge on any atom is 0.317 e. The van der Waals surface area contributed by atoms with Crippen molar-refractivity contribution in [1.29, 1.82) is 0 Å². The Morgan fingerprint density at radius 1 is 1.28 bits per heavy atom. The van der Waals surface area contributed by atoms with Gasteiger partial charge >= 0.3 is 12.0 Å². The monoisotopic (exact) mass is 254 g/mol. The van der Waals surface area contributed by atoms with Crippen LogP contribution in [0.3, 0.4) is 0 Å². The standard InChI is InChI=1S/C13H22N2O3/c1-13(5-3-2-4-6-13)14-12(18)15-8-10(9-15)7-11(16)17/h10H,2-9H2,1H3,(H,14,18)(H,16,17). The van der Waals surface area contributed by atoms with Crippen LogP contribution in [0.1, 0.15) is 45.4 Å². The van der Waals surface area contributed by atoms with Crippen LogP contribution in [0.5, 0.6) is 0 Å². The number of amides is 2. The molecule has 2 rings (SSSR count). The molecule has 0 spiro atoms. The van der Waals surface area contributed by atoms with E-state index < -0.39 is 5.97 Å². The second-order valence-electron chi connectivity index (χ2n) is 5.92. The minimum absolute atomic E-state index is 0.0268. The number of carboxylic acids is 1. The zero-order chi connectivity index (χ0) is 13.2. The fraction of sp³-hybridized carbons (Fsp3) is 0.846. The van der Waals surface area contributed by atoms with Gasteiger partial charge in [-0.2, -0.15) is 0 Å². The maximum atomic E-state index is 12.0. The SMILES string of the molecule is CC1(NC(=O)N2CC(CC(=O)O)C2)CCCCC1. The third-order valence-corrected chi connectivity index (χ3v) is 4.07. The zero-order valence-electron chi connectivity index (χ0n) is 10.9. The summed E-state index contributed by atoms with van der Waals surface area (Å²) >= 11 is 0. The first-order valence-corrected chi connectivity index (χ1v) is 6.77. The van der Waals surface area contributed by atoms with Crippen molar-refractivity contribution in [1.82, 2.24) is 10.2 Å². The van der Waals surface area contributed by atoms with Crippen LogP contribution in [-0.4, -0.2) is 40.6 Å². The number of urea groups is 1. The number of carboxylic acid groups (broad SMARTS) is 1. The molecule has 5 nitrogen and oxygen atoms in total. The molecule has 102 valence electrons. The maximum absolute atomic E-state index is 12.0. The average molecular weight is 254 g/mol. The molecular formula is C13H22N2O3. The van der Waals surface area contributed by atoms with Gasteiger partial charge in [0.05, 0.1) is 6.42 Å². The van der Waals surface area contributed by atoms with Crippen molar-refractivity contribution in [2.24, 2.45) is 5.92 Å². The zero-order valence-corrected chi connectivity index (χ0v) is 10.9. The van der Waals surface area contributed by atoms with Gasteiger partial charge in [0, 0.05) is 24.5 Å². The Bertz CT molecular complexity index is 331. The highest BCUT2D eigenvalue weighted by Gasteiger charge is 2.35. The van der Waals surface area contributed by atoms with Gasteiger partial charge in [-0.25, -0.2) is 4.79 Å². The van der Waals surface area contributed by atoms with Gasteiger partial charge < -0.3 is 15.3 Å². The Hall–Kier alpha value is -1.26. The van der Waals surface area contributed by atoms with Crippen molar-refractivity contribution in [2.75, 3.05) is 13.1 Å². The number of hydrogen-bond acceptors (Lipinski definition) is 2. The third-order valence-electron chi connectivity index (χ3n) is 4.07. The van der Waals surface area contributed by atoms with Crippen LogP contribution >= 0.6 is 0 Å². The van der Waals surface area contributed by atoms with Crippen LogP contribution in [-0.2, 0) is 4.79 Å². The van der Waals surface area contributed by atoms with E-state index in [1.54, 1.807) is 4.90 Å². The quantitative estimate of drug-likeness (QED) is 0.807. The number of nitrogens with one attached hydrogen (secondary N) is 1.